The molecule has 2 aromatic carbocycles. The van der Waals surface area contributed by atoms with Gasteiger partial charge < -0.3 is 9.47 Å². The van der Waals surface area contributed by atoms with Gasteiger partial charge in [-0.05, 0) is 59.3 Å². The van der Waals surface area contributed by atoms with Crippen LogP contribution in [-0.2, 0) is 9.59 Å². The Morgan fingerprint density at radius 1 is 1.06 bits per heavy atom. The third kappa shape index (κ3) is 4.31. The van der Waals surface area contributed by atoms with Crippen molar-refractivity contribution in [3.05, 3.63) is 70.6 Å². The van der Waals surface area contributed by atoms with Crippen molar-refractivity contribution in [2.45, 2.75) is 12.5 Å². The van der Waals surface area contributed by atoms with Crippen molar-refractivity contribution >= 4 is 34.5 Å². The molecular weight excluding hydrogens is 418 g/mol. The lowest BCUT2D eigenvalue weighted by atomic mass is 9.98. The molecular formula is C22H19N3O5S. The van der Waals surface area contributed by atoms with Crippen molar-refractivity contribution in [1.29, 1.82) is 0 Å². The molecule has 2 aromatic rings. The molecule has 1 unspecified atom stereocenters. The van der Waals surface area contributed by atoms with Gasteiger partial charge in [-0.15, -0.1) is 0 Å². The molecule has 0 aromatic heterocycles. The van der Waals surface area contributed by atoms with Crippen LogP contribution in [0.3, 0.4) is 0 Å². The first-order chi connectivity index (χ1) is 15.0. The maximum absolute atomic E-state index is 13.0. The van der Waals surface area contributed by atoms with Crippen LogP contribution in [-0.4, -0.2) is 42.0 Å². The highest BCUT2D eigenvalue weighted by molar-refractivity contribution is 8.18. The number of amides is 3. The lowest BCUT2D eigenvalue weighted by Crippen LogP contribution is -2.26. The summed E-state index contributed by atoms with van der Waals surface area (Å²) < 4.78 is 10.4. The maximum Gasteiger partial charge on any atom is 0.290 e. The van der Waals surface area contributed by atoms with Gasteiger partial charge in [-0.2, -0.15) is 5.10 Å². The minimum Gasteiger partial charge on any atom is -0.497 e. The topological polar surface area (TPSA) is 97.3 Å². The lowest BCUT2D eigenvalue weighted by molar-refractivity contribution is -0.128. The van der Waals surface area contributed by atoms with Crippen molar-refractivity contribution in [2.75, 3.05) is 14.2 Å². The molecule has 1 N–H and O–H groups in total. The Bertz CT molecular complexity index is 1090. The number of hydrogen-bond donors (Lipinski definition) is 1. The molecule has 8 nitrogen and oxygen atoms in total. The predicted molar refractivity (Wildman–Crippen MR) is 116 cm³/mol. The molecule has 1 atom stereocenters. The van der Waals surface area contributed by atoms with Gasteiger partial charge in [-0.1, -0.05) is 12.1 Å². The summed E-state index contributed by atoms with van der Waals surface area (Å²) in [5.74, 6) is 0.371. The SMILES string of the molecule is COc1ccc(C2=NN(C(=O)/C=C3\SC(=O)NC3=O)C(c3ccc(OC)cc3)C2)cc1. The molecule has 2 heterocycles. The number of carbonyl (C=O) groups excluding carboxylic acids is 3. The predicted octanol–water partition coefficient (Wildman–Crippen LogP) is 3.25. The minimum atomic E-state index is -0.581. The van der Waals surface area contributed by atoms with Crippen molar-refractivity contribution in [3.63, 3.8) is 0 Å². The molecule has 4 rings (SSSR count). The van der Waals surface area contributed by atoms with Crippen LogP contribution in [0.1, 0.15) is 23.6 Å². The standard InChI is InChI=1S/C22H19N3O5S/c1-29-15-7-3-13(4-8-15)17-11-18(14-5-9-16(30-2)10-6-14)25(24-17)20(26)12-19-21(27)23-22(28)31-19/h3-10,12,18H,11H2,1-2H3,(H,23,27,28)/b19-12-. The highest BCUT2D eigenvalue weighted by atomic mass is 32.2. The van der Waals surface area contributed by atoms with Gasteiger partial charge in [0, 0.05) is 12.5 Å². The number of imide groups is 1. The van der Waals surface area contributed by atoms with Crippen LogP contribution < -0.4 is 14.8 Å². The fourth-order valence-electron chi connectivity index (χ4n) is 3.36. The van der Waals surface area contributed by atoms with E-state index in [1.54, 1.807) is 14.2 Å². The molecule has 0 spiro atoms. The van der Waals surface area contributed by atoms with Gasteiger partial charge in [-0.25, -0.2) is 5.01 Å². The van der Waals surface area contributed by atoms with Crippen LogP contribution in [0.2, 0.25) is 0 Å². The largest absolute Gasteiger partial charge is 0.497 e. The van der Waals surface area contributed by atoms with Crippen LogP contribution in [0, 0.1) is 0 Å². The van der Waals surface area contributed by atoms with Crippen molar-refractivity contribution in [1.82, 2.24) is 10.3 Å². The Hall–Kier alpha value is -3.59. The zero-order chi connectivity index (χ0) is 22.0. The maximum atomic E-state index is 13.0. The Morgan fingerprint density at radius 2 is 1.68 bits per heavy atom. The van der Waals surface area contributed by atoms with Crippen molar-refractivity contribution in [3.8, 4) is 11.5 Å². The molecule has 2 aliphatic heterocycles. The van der Waals surface area contributed by atoms with Crippen LogP contribution >= 0.6 is 11.8 Å². The van der Waals surface area contributed by atoms with E-state index >= 15 is 0 Å². The van der Waals surface area contributed by atoms with Crippen LogP contribution in [0.4, 0.5) is 4.79 Å². The molecule has 2 aliphatic rings. The first-order valence-electron chi connectivity index (χ1n) is 9.42. The van der Waals surface area contributed by atoms with Gasteiger partial charge in [0.25, 0.3) is 17.1 Å². The van der Waals surface area contributed by atoms with Gasteiger partial charge in [-0.3, -0.25) is 19.7 Å². The fraction of sp³-hybridized carbons (Fsp3) is 0.182. The zero-order valence-corrected chi connectivity index (χ0v) is 17.6. The van der Waals surface area contributed by atoms with Crippen LogP contribution in [0.15, 0.2) is 64.6 Å². The summed E-state index contributed by atoms with van der Waals surface area (Å²) in [6.07, 6.45) is 1.65. The Balaban J connectivity index is 1.67. The fourth-order valence-corrected chi connectivity index (χ4v) is 4.00. The van der Waals surface area contributed by atoms with Gasteiger partial charge in [0.15, 0.2) is 0 Å². The molecule has 0 bridgehead atoms. The molecule has 158 valence electrons. The second-order valence-corrected chi connectivity index (χ2v) is 7.82. The number of thioether (sulfide) groups is 1. The molecule has 0 saturated carbocycles. The van der Waals surface area contributed by atoms with Gasteiger partial charge in [0.05, 0.1) is 30.9 Å². The Labute approximate surface area is 182 Å². The third-order valence-electron chi connectivity index (χ3n) is 4.96. The van der Waals surface area contributed by atoms with E-state index in [4.69, 9.17) is 9.47 Å². The molecule has 0 aliphatic carbocycles. The molecule has 1 fully saturated rings. The number of hydrogen-bond acceptors (Lipinski definition) is 7. The summed E-state index contributed by atoms with van der Waals surface area (Å²) in [6, 6.07) is 14.5. The number of nitrogens with zero attached hydrogens (tertiary/aromatic N) is 2. The summed E-state index contributed by atoms with van der Waals surface area (Å²) in [5, 5.41) is 7.56. The first-order valence-corrected chi connectivity index (χ1v) is 10.2. The lowest BCUT2D eigenvalue weighted by Gasteiger charge is -2.21. The van der Waals surface area contributed by atoms with Gasteiger partial charge >= 0.3 is 0 Å². The second kappa shape index (κ2) is 8.65. The van der Waals surface area contributed by atoms with Gasteiger partial charge in [0.2, 0.25) is 0 Å². The second-order valence-electron chi connectivity index (χ2n) is 6.80. The van der Waals surface area contributed by atoms with E-state index in [1.807, 2.05) is 48.5 Å². The number of benzene rings is 2. The van der Waals surface area contributed by atoms with E-state index in [9.17, 15) is 14.4 Å². The van der Waals surface area contributed by atoms with E-state index in [-0.39, 0.29) is 10.9 Å². The summed E-state index contributed by atoms with van der Waals surface area (Å²) in [4.78, 5) is 36.4. The van der Waals surface area contributed by atoms with Gasteiger partial charge in [0.1, 0.15) is 11.5 Å². The summed E-state index contributed by atoms with van der Waals surface area (Å²) >= 11 is 0.699. The minimum absolute atomic E-state index is 0.0524. The Kier molecular flexibility index (Phi) is 5.77. The van der Waals surface area contributed by atoms with E-state index in [0.29, 0.717) is 23.9 Å². The van der Waals surface area contributed by atoms with E-state index < -0.39 is 17.1 Å². The summed E-state index contributed by atoms with van der Waals surface area (Å²) in [6.45, 7) is 0. The highest BCUT2D eigenvalue weighted by Gasteiger charge is 2.34. The Morgan fingerprint density at radius 3 is 2.23 bits per heavy atom. The summed E-state index contributed by atoms with van der Waals surface area (Å²) in [5.41, 5.74) is 2.47. The number of hydrazone groups is 1. The zero-order valence-electron chi connectivity index (χ0n) is 16.8. The third-order valence-corrected chi connectivity index (χ3v) is 5.77. The van der Waals surface area contributed by atoms with Crippen LogP contribution in [0.5, 0.6) is 11.5 Å². The monoisotopic (exact) mass is 437 g/mol. The quantitative estimate of drug-likeness (QED) is 0.722. The molecule has 1 saturated heterocycles. The van der Waals surface area contributed by atoms with Crippen molar-refractivity contribution in [2.24, 2.45) is 5.10 Å². The number of carbonyl (C=O) groups is 3. The van der Waals surface area contributed by atoms with E-state index in [1.165, 1.54) is 5.01 Å². The highest BCUT2D eigenvalue weighted by Crippen LogP contribution is 2.35. The van der Waals surface area contributed by atoms with Crippen molar-refractivity contribution < 1.29 is 23.9 Å². The number of nitrogens with one attached hydrogen (secondary N) is 1. The molecule has 9 heteroatoms. The van der Waals surface area contributed by atoms with Crippen LogP contribution in [0.25, 0.3) is 0 Å². The van der Waals surface area contributed by atoms with E-state index in [2.05, 4.69) is 10.4 Å². The average molecular weight is 437 g/mol. The molecule has 31 heavy (non-hydrogen) atoms. The molecule has 0 radical (unpaired) electrons. The molecule has 3 amide bonds. The summed E-state index contributed by atoms with van der Waals surface area (Å²) in [7, 11) is 3.18. The average Bonchev–Trinajstić information content (AvgIpc) is 3.37. The number of rotatable bonds is 5. The number of methoxy groups -OCH3 is 2. The number of ether oxygens (including phenoxy) is 2. The van der Waals surface area contributed by atoms with E-state index in [0.717, 1.165) is 28.7 Å². The smallest absolute Gasteiger partial charge is 0.290 e. The first kappa shape index (κ1) is 20.7. The normalized spacial score (nSPS) is 19.4.